The average Bonchev–Trinajstić information content (AvgIpc) is 1.38. The van der Waals surface area contributed by atoms with Crippen molar-refractivity contribution in [1.82, 2.24) is 0 Å². The maximum atomic E-state index is 9.36. The zero-order chi connectivity index (χ0) is 4.28. The van der Waals surface area contributed by atoms with Crippen LogP contribution in [0.3, 0.4) is 0 Å². The Hall–Kier alpha value is -0.211. The molecule has 0 spiro atoms. The first-order valence-corrected chi connectivity index (χ1v) is 1.37. The van der Waals surface area contributed by atoms with Gasteiger partial charge in [-0.25, -0.2) is 0 Å². The zero-order valence-electron chi connectivity index (χ0n) is 2.29. The standard InChI is InChI=1S/CH2N2O.Fe/c2-1(3)4;/h(H2,2,4);. The van der Waals surface area contributed by atoms with E-state index in [4.69, 9.17) is 0 Å². The van der Waals surface area contributed by atoms with E-state index in [1.165, 1.54) is 0 Å². The van der Waals surface area contributed by atoms with Crippen LogP contribution in [-0.4, -0.2) is 6.03 Å². The Labute approximate surface area is 37.2 Å². The van der Waals surface area contributed by atoms with Crippen LogP contribution in [0.25, 0.3) is 0 Å². The molecular formula is CH2FeN2O. The quantitative estimate of drug-likeness (QED) is 0.435. The number of carbonyl (C=O) groups excluding carboxylic acids is 1. The van der Waals surface area contributed by atoms with Crippen LogP contribution in [0.4, 0.5) is 4.79 Å². The van der Waals surface area contributed by atoms with Crippen LogP contribution >= 0.6 is 0 Å². The fourth-order valence-electron chi connectivity index (χ4n) is 0. The fourth-order valence-corrected chi connectivity index (χ4v) is 0. The maximum absolute atomic E-state index is 9.36. The molecule has 0 aromatic rings. The molecule has 0 unspecified atom stereocenters. The third kappa shape index (κ3) is 3.79. The molecule has 0 saturated heterocycles. The Morgan fingerprint density at radius 3 is 2.20 bits per heavy atom. The molecule has 5 heavy (non-hydrogen) atoms. The van der Waals surface area contributed by atoms with Gasteiger partial charge in [0.25, 0.3) is 0 Å². The molecule has 2 amide bonds. The van der Waals surface area contributed by atoms with Crippen molar-refractivity contribution in [2.24, 2.45) is 9.70 Å². The second kappa shape index (κ2) is 2.05. The Balaban J connectivity index is 3.20. The van der Waals surface area contributed by atoms with Crippen molar-refractivity contribution < 1.29 is 20.6 Å². The van der Waals surface area contributed by atoms with Gasteiger partial charge in [0, 0.05) is 0 Å². The van der Waals surface area contributed by atoms with Gasteiger partial charge < -0.3 is 0 Å². The minimum absolute atomic E-state index is 0.731. The summed E-state index contributed by atoms with van der Waals surface area (Å²) < 4.78 is 2.78. The van der Waals surface area contributed by atoms with E-state index < -0.39 is 6.03 Å². The second-order valence-corrected chi connectivity index (χ2v) is 0.664. The molecule has 0 heterocycles. The number of nitrogens with two attached hydrogens (primary N) is 1. The van der Waals surface area contributed by atoms with E-state index in [0.29, 0.717) is 0 Å². The number of rotatable bonds is 0. The minimum atomic E-state index is -0.731. The van der Waals surface area contributed by atoms with Gasteiger partial charge in [0.2, 0.25) is 0 Å². The molecule has 2 N–H and O–H groups in total. The molecule has 0 aromatic heterocycles. The SMILES string of the molecule is NC(=O)[N]=[Fe]. The first-order chi connectivity index (χ1) is 2.27. The molecular weight excluding hydrogens is 112 g/mol. The summed E-state index contributed by atoms with van der Waals surface area (Å²) in [7, 11) is 0. The summed E-state index contributed by atoms with van der Waals surface area (Å²) in [5.74, 6) is 0. The molecule has 0 fully saturated rings. The van der Waals surface area contributed by atoms with E-state index in [1.54, 1.807) is 0 Å². The summed E-state index contributed by atoms with van der Waals surface area (Å²) >= 11 is 2.84. The molecule has 3 nitrogen and oxygen atoms in total. The van der Waals surface area contributed by atoms with Crippen LogP contribution in [0.1, 0.15) is 0 Å². The van der Waals surface area contributed by atoms with Crippen molar-refractivity contribution in [3.63, 3.8) is 0 Å². The van der Waals surface area contributed by atoms with Crippen LogP contribution in [-0.2, 0) is 15.8 Å². The van der Waals surface area contributed by atoms with Crippen LogP contribution < -0.4 is 5.73 Å². The van der Waals surface area contributed by atoms with Gasteiger partial charge in [0.15, 0.2) is 0 Å². The van der Waals surface area contributed by atoms with Crippen LogP contribution in [0.5, 0.6) is 0 Å². The third-order valence-corrected chi connectivity index (χ3v) is 0.321. The van der Waals surface area contributed by atoms with E-state index in [1.807, 2.05) is 0 Å². The number of hydrogen-bond donors (Lipinski definition) is 1. The van der Waals surface area contributed by atoms with Gasteiger partial charge >= 0.3 is 36.3 Å². The summed E-state index contributed by atoms with van der Waals surface area (Å²) in [6, 6.07) is -0.731. The van der Waals surface area contributed by atoms with Crippen molar-refractivity contribution in [2.45, 2.75) is 0 Å². The monoisotopic (exact) mass is 114 g/mol. The Morgan fingerprint density at radius 1 is 2.00 bits per heavy atom. The second-order valence-electron chi connectivity index (χ2n) is 0.417. The summed E-state index contributed by atoms with van der Waals surface area (Å²) in [4.78, 5) is 9.36. The molecule has 0 bridgehead atoms. The van der Waals surface area contributed by atoms with Crippen LogP contribution in [0.2, 0.25) is 0 Å². The number of primary amides is 1. The van der Waals surface area contributed by atoms with Gasteiger partial charge in [-0.2, -0.15) is 0 Å². The van der Waals surface area contributed by atoms with Gasteiger partial charge in [0.1, 0.15) is 0 Å². The van der Waals surface area contributed by atoms with E-state index in [9.17, 15) is 4.79 Å². The number of hydrogen-bond acceptors (Lipinski definition) is 1. The van der Waals surface area contributed by atoms with Crippen molar-refractivity contribution >= 4 is 6.03 Å². The molecule has 4 heteroatoms. The Kier molecular flexibility index (Phi) is 1.97. The molecule has 0 aliphatic heterocycles. The van der Waals surface area contributed by atoms with E-state index in [-0.39, 0.29) is 0 Å². The normalized spacial score (nSPS) is 6.60. The third-order valence-electron chi connectivity index (χ3n) is 0.0779. The van der Waals surface area contributed by atoms with Crippen molar-refractivity contribution in [3.8, 4) is 0 Å². The van der Waals surface area contributed by atoms with Crippen molar-refractivity contribution in [2.75, 3.05) is 0 Å². The van der Waals surface area contributed by atoms with Crippen LogP contribution in [0, 0.1) is 0 Å². The molecule has 0 atom stereocenters. The molecule has 0 radical (unpaired) electrons. The van der Waals surface area contributed by atoms with Gasteiger partial charge in [-0.05, 0) is 0 Å². The van der Waals surface area contributed by atoms with Gasteiger partial charge in [-0.1, -0.05) is 0 Å². The first kappa shape index (κ1) is 4.79. The molecule has 0 saturated carbocycles. The summed E-state index contributed by atoms with van der Waals surface area (Å²) in [5.41, 5.74) is 4.42. The Morgan fingerprint density at radius 2 is 2.20 bits per heavy atom. The summed E-state index contributed by atoms with van der Waals surface area (Å²) in [6.07, 6.45) is 0. The zero-order valence-corrected chi connectivity index (χ0v) is 3.39. The first-order valence-electron chi connectivity index (χ1n) is 0.875. The topological polar surface area (TPSA) is 55.5 Å². The van der Waals surface area contributed by atoms with E-state index in [2.05, 4.69) is 25.5 Å². The molecule has 0 rings (SSSR count). The van der Waals surface area contributed by atoms with Crippen LogP contribution in [0.15, 0.2) is 3.96 Å². The molecule has 0 aliphatic carbocycles. The predicted octanol–water partition coefficient (Wildman–Crippen LogP) is -0.204. The van der Waals surface area contributed by atoms with E-state index in [0.717, 1.165) is 0 Å². The average molecular weight is 114 g/mol. The summed E-state index contributed by atoms with van der Waals surface area (Å²) in [6.45, 7) is 0. The predicted molar refractivity (Wildman–Crippen MR) is 12.0 cm³/mol. The number of carbonyl (C=O) groups is 1. The van der Waals surface area contributed by atoms with Gasteiger partial charge in [-0.15, -0.1) is 0 Å². The fraction of sp³-hybridized carbons (Fsp3) is 0. The molecule has 30 valence electrons. The van der Waals surface area contributed by atoms with Gasteiger partial charge in [-0.3, -0.25) is 0 Å². The van der Waals surface area contributed by atoms with Gasteiger partial charge in [0.05, 0.1) is 0 Å². The summed E-state index contributed by atoms with van der Waals surface area (Å²) in [5, 5.41) is 0. The number of urea groups is 1. The number of amides is 2. The number of nitrogens with zero attached hydrogens (tertiary/aromatic N) is 1. The van der Waals surface area contributed by atoms with E-state index >= 15 is 0 Å². The molecule has 0 aromatic carbocycles. The van der Waals surface area contributed by atoms with Crippen molar-refractivity contribution in [3.05, 3.63) is 0 Å². The molecule has 0 aliphatic rings. The Bertz CT molecular complexity index is 60.7. The van der Waals surface area contributed by atoms with Crippen molar-refractivity contribution in [1.29, 1.82) is 0 Å².